The molecule has 1 saturated heterocycles. The maximum absolute atomic E-state index is 14.7. The van der Waals surface area contributed by atoms with E-state index >= 15 is 0 Å². The van der Waals surface area contributed by atoms with Gasteiger partial charge in [0.1, 0.15) is 5.52 Å². The van der Waals surface area contributed by atoms with E-state index < -0.39 is 42.9 Å². The molecular weight excluding hydrogens is 459 g/mol. The van der Waals surface area contributed by atoms with Crippen molar-refractivity contribution < 1.29 is 31.5 Å². The van der Waals surface area contributed by atoms with Crippen molar-refractivity contribution in [2.45, 2.75) is 24.6 Å². The van der Waals surface area contributed by atoms with Gasteiger partial charge in [-0.1, -0.05) is 24.3 Å². The second kappa shape index (κ2) is 7.93. The van der Waals surface area contributed by atoms with Crippen molar-refractivity contribution >= 4 is 27.8 Å². The Morgan fingerprint density at radius 2 is 1.85 bits per heavy atom. The number of likely N-dealkylation sites (tertiary alicyclic amines) is 1. The van der Waals surface area contributed by atoms with Gasteiger partial charge in [-0.3, -0.25) is 4.79 Å². The number of alkyl halides is 5. The molecule has 0 aliphatic carbocycles. The number of carbonyl (C=O) groups excluding carboxylic acids is 1. The molecule has 6 nitrogen and oxygen atoms in total. The molecule has 0 unspecified atom stereocenters. The van der Waals surface area contributed by atoms with Crippen LogP contribution in [-0.4, -0.2) is 50.9 Å². The Balaban J connectivity index is 1.41. The second-order valence-electron chi connectivity index (χ2n) is 8.00. The van der Waals surface area contributed by atoms with Crippen LogP contribution in [0.3, 0.4) is 0 Å². The SMILES string of the molecule is O=C(c1cccc2[nH]c(C(F)(F)F)nc12)N1CCC(F)(F)[C@@H](Oc2ccc3ccccc3n2)C1. The van der Waals surface area contributed by atoms with Gasteiger partial charge in [0, 0.05) is 24.4 Å². The van der Waals surface area contributed by atoms with Gasteiger partial charge in [-0.05, 0) is 24.3 Å². The molecule has 0 bridgehead atoms. The minimum atomic E-state index is -4.72. The maximum Gasteiger partial charge on any atom is 0.449 e. The number of carbonyl (C=O) groups is 1. The van der Waals surface area contributed by atoms with Crippen molar-refractivity contribution in [3.8, 4) is 5.88 Å². The molecule has 5 rings (SSSR count). The van der Waals surface area contributed by atoms with E-state index in [1.54, 1.807) is 18.2 Å². The largest absolute Gasteiger partial charge is 0.466 e. The summed E-state index contributed by atoms with van der Waals surface area (Å²) >= 11 is 0. The number of imidazole rings is 1. The number of halogens is 5. The third-order valence-electron chi connectivity index (χ3n) is 5.71. The van der Waals surface area contributed by atoms with Crippen LogP contribution in [0.1, 0.15) is 22.6 Å². The maximum atomic E-state index is 14.7. The van der Waals surface area contributed by atoms with Crippen LogP contribution >= 0.6 is 0 Å². The van der Waals surface area contributed by atoms with Gasteiger partial charge in [0.2, 0.25) is 11.7 Å². The molecule has 1 fully saturated rings. The molecule has 11 heteroatoms. The number of aromatic amines is 1. The van der Waals surface area contributed by atoms with Crippen LogP contribution < -0.4 is 4.74 Å². The number of piperidine rings is 1. The molecule has 1 aliphatic rings. The highest BCUT2D eigenvalue weighted by atomic mass is 19.4. The Morgan fingerprint density at radius 3 is 2.65 bits per heavy atom. The lowest BCUT2D eigenvalue weighted by atomic mass is 10.0. The van der Waals surface area contributed by atoms with Gasteiger partial charge in [0.15, 0.2) is 6.10 Å². The first-order chi connectivity index (χ1) is 16.1. The van der Waals surface area contributed by atoms with E-state index in [1.165, 1.54) is 24.3 Å². The van der Waals surface area contributed by atoms with Crippen molar-refractivity contribution in [3.63, 3.8) is 0 Å². The molecule has 1 amide bonds. The standard InChI is InChI=1S/C23H17F5N4O2/c24-22(25)10-11-32(12-17(22)34-18-9-8-13-4-1-2-6-15(13)29-18)20(33)14-5-3-7-16-19(14)31-21(30-16)23(26,27)28/h1-9,17H,10-12H2,(H,30,31)/t17-/m0/s1. The molecule has 1 N–H and O–H groups in total. The smallest absolute Gasteiger partial charge is 0.449 e. The molecule has 2 aromatic heterocycles. The third kappa shape index (κ3) is 4.02. The summed E-state index contributed by atoms with van der Waals surface area (Å²) in [4.78, 5) is 24.2. The zero-order valence-electron chi connectivity index (χ0n) is 17.4. The number of ether oxygens (including phenoxy) is 1. The van der Waals surface area contributed by atoms with Gasteiger partial charge in [-0.25, -0.2) is 18.7 Å². The van der Waals surface area contributed by atoms with Crippen LogP contribution in [0.5, 0.6) is 5.88 Å². The first-order valence-electron chi connectivity index (χ1n) is 10.4. The molecule has 3 heterocycles. The first-order valence-corrected chi connectivity index (χ1v) is 10.4. The molecule has 4 aromatic rings. The highest BCUT2D eigenvalue weighted by Crippen LogP contribution is 2.34. The average molecular weight is 476 g/mol. The fraction of sp³-hybridized carbons (Fsp3) is 0.261. The first kappa shape index (κ1) is 22.1. The van der Waals surface area contributed by atoms with Crippen LogP contribution in [0.4, 0.5) is 22.0 Å². The predicted molar refractivity (Wildman–Crippen MR) is 113 cm³/mol. The Morgan fingerprint density at radius 1 is 1.06 bits per heavy atom. The lowest BCUT2D eigenvalue weighted by molar-refractivity contribution is -0.144. The van der Waals surface area contributed by atoms with Crippen molar-refractivity contribution in [3.05, 3.63) is 66.0 Å². The third-order valence-corrected chi connectivity index (χ3v) is 5.71. The van der Waals surface area contributed by atoms with E-state index in [0.29, 0.717) is 5.52 Å². The van der Waals surface area contributed by atoms with Crippen LogP contribution in [0, 0.1) is 0 Å². The van der Waals surface area contributed by atoms with E-state index in [0.717, 1.165) is 10.3 Å². The number of H-pyrrole nitrogens is 1. The number of pyridine rings is 1. The minimum absolute atomic E-state index is 0.0121. The Kier molecular flexibility index (Phi) is 5.14. The topological polar surface area (TPSA) is 71.1 Å². The Hall–Kier alpha value is -3.76. The van der Waals surface area contributed by atoms with Gasteiger partial charge >= 0.3 is 6.18 Å². The Bertz CT molecular complexity index is 1380. The number of aromatic nitrogens is 3. The van der Waals surface area contributed by atoms with Crippen LogP contribution in [-0.2, 0) is 6.18 Å². The predicted octanol–water partition coefficient (Wildman–Crippen LogP) is 5.06. The van der Waals surface area contributed by atoms with E-state index in [1.807, 2.05) is 12.1 Å². The number of para-hydroxylation sites is 2. The van der Waals surface area contributed by atoms with Gasteiger partial charge in [-0.15, -0.1) is 0 Å². The summed E-state index contributed by atoms with van der Waals surface area (Å²) in [7, 11) is 0. The summed E-state index contributed by atoms with van der Waals surface area (Å²) in [5.74, 6) is -5.19. The van der Waals surface area contributed by atoms with Crippen LogP contribution in [0.15, 0.2) is 54.6 Å². The molecule has 1 aliphatic heterocycles. The summed E-state index contributed by atoms with van der Waals surface area (Å²) in [6.07, 6.45) is -7.07. The monoisotopic (exact) mass is 476 g/mol. The molecule has 0 spiro atoms. The lowest BCUT2D eigenvalue weighted by Gasteiger charge is -2.38. The zero-order chi connectivity index (χ0) is 24.1. The highest BCUT2D eigenvalue weighted by molar-refractivity contribution is 6.05. The zero-order valence-corrected chi connectivity index (χ0v) is 17.4. The second-order valence-corrected chi connectivity index (χ2v) is 8.00. The number of nitrogens with zero attached hydrogens (tertiary/aromatic N) is 3. The number of benzene rings is 2. The van der Waals surface area contributed by atoms with Crippen LogP contribution in [0.2, 0.25) is 0 Å². The summed E-state index contributed by atoms with van der Waals surface area (Å²) < 4.78 is 74.0. The normalized spacial score (nSPS) is 18.4. The number of amides is 1. The summed E-state index contributed by atoms with van der Waals surface area (Å²) in [6.45, 7) is -0.753. The van der Waals surface area contributed by atoms with Gasteiger partial charge < -0.3 is 14.6 Å². The molecule has 0 saturated carbocycles. The molecule has 2 aromatic carbocycles. The van der Waals surface area contributed by atoms with E-state index in [4.69, 9.17) is 4.74 Å². The average Bonchev–Trinajstić information content (AvgIpc) is 3.25. The quantitative estimate of drug-likeness (QED) is 0.420. The number of hydrogen-bond donors (Lipinski definition) is 1. The van der Waals surface area contributed by atoms with Gasteiger partial charge in [-0.2, -0.15) is 13.2 Å². The highest BCUT2D eigenvalue weighted by Gasteiger charge is 2.47. The lowest BCUT2D eigenvalue weighted by Crippen LogP contribution is -2.55. The molecule has 0 radical (unpaired) electrons. The Labute approximate surface area is 189 Å². The van der Waals surface area contributed by atoms with Crippen molar-refractivity contribution in [1.29, 1.82) is 0 Å². The molecule has 34 heavy (non-hydrogen) atoms. The molecule has 176 valence electrons. The van der Waals surface area contributed by atoms with Crippen molar-refractivity contribution in [2.24, 2.45) is 0 Å². The summed E-state index contributed by atoms with van der Waals surface area (Å²) in [5.41, 5.74) is 0.300. The van der Waals surface area contributed by atoms with Gasteiger partial charge in [0.05, 0.1) is 23.1 Å². The fourth-order valence-corrected chi connectivity index (χ4v) is 3.95. The van der Waals surface area contributed by atoms with Gasteiger partial charge in [0.25, 0.3) is 11.8 Å². The number of hydrogen-bond acceptors (Lipinski definition) is 4. The minimum Gasteiger partial charge on any atom is -0.466 e. The number of fused-ring (bicyclic) bond motifs is 2. The van der Waals surface area contributed by atoms with E-state index in [9.17, 15) is 26.7 Å². The van der Waals surface area contributed by atoms with Crippen molar-refractivity contribution in [1.82, 2.24) is 19.9 Å². The molecular formula is C23H17F5N4O2. The van der Waals surface area contributed by atoms with Crippen LogP contribution in [0.25, 0.3) is 21.9 Å². The summed E-state index contributed by atoms with van der Waals surface area (Å²) in [5, 5.41) is 0.812. The van der Waals surface area contributed by atoms with E-state index in [2.05, 4.69) is 15.0 Å². The van der Waals surface area contributed by atoms with E-state index in [-0.39, 0.29) is 29.0 Å². The molecule has 1 atom stereocenters. The summed E-state index contributed by atoms with van der Waals surface area (Å²) in [6, 6.07) is 14.4. The van der Waals surface area contributed by atoms with Crippen molar-refractivity contribution in [2.75, 3.05) is 13.1 Å². The number of rotatable bonds is 3. The fourth-order valence-electron chi connectivity index (χ4n) is 3.95. The number of nitrogens with one attached hydrogen (secondary N) is 1.